The van der Waals surface area contributed by atoms with Gasteiger partial charge in [-0.3, -0.25) is 24.1 Å². The van der Waals surface area contributed by atoms with Crippen LogP contribution >= 0.6 is 23.4 Å². The molecule has 0 aliphatic carbocycles. The van der Waals surface area contributed by atoms with Gasteiger partial charge < -0.3 is 0 Å². The van der Waals surface area contributed by atoms with E-state index in [2.05, 4.69) is 5.10 Å². The van der Waals surface area contributed by atoms with Gasteiger partial charge in [0.15, 0.2) is 0 Å². The summed E-state index contributed by atoms with van der Waals surface area (Å²) < 4.78 is 56.4. The Morgan fingerprint density at radius 2 is 1.95 bits per heavy atom. The summed E-state index contributed by atoms with van der Waals surface area (Å²) >= 11 is 6.54. The number of carbonyl (C=O) groups excluding carboxylic acids is 2. The number of benzene rings is 2. The first-order valence-corrected chi connectivity index (χ1v) is 12.7. The third kappa shape index (κ3) is 4.99. The molecule has 0 saturated carbocycles. The van der Waals surface area contributed by atoms with Crippen LogP contribution in [0.2, 0.25) is 5.02 Å². The minimum absolute atomic E-state index is 0.00638. The molecule has 2 amide bonds. The lowest BCUT2D eigenvalue weighted by atomic mass is 10.1. The maximum atomic E-state index is 14.5. The summed E-state index contributed by atoms with van der Waals surface area (Å²) in [4.78, 5) is 28.6. The largest absolute Gasteiger partial charge is 0.416 e. The van der Waals surface area contributed by atoms with Crippen LogP contribution < -0.4 is 0 Å². The van der Waals surface area contributed by atoms with Gasteiger partial charge in [-0.25, -0.2) is 4.39 Å². The van der Waals surface area contributed by atoms with Gasteiger partial charge >= 0.3 is 6.18 Å². The van der Waals surface area contributed by atoms with Crippen molar-refractivity contribution in [2.24, 2.45) is 0 Å². The Balaban J connectivity index is 1.39. The van der Waals surface area contributed by atoms with E-state index >= 15 is 0 Å². The van der Waals surface area contributed by atoms with E-state index in [0.717, 1.165) is 22.7 Å². The Morgan fingerprint density at radius 1 is 1.16 bits per heavy atom. The van der Waals surface area contributed by atoms with Crippen LogP contribution in [0, 0.1) is 0 Å². The molecule has 12 heteroatoms. The fourth-order valence-corrected chi connectivity index (χ4v) is 5.73. The van der Waals surface area contributed by atoms with E-state index in [0.29, 0.717) is 29.6 Å². The second-order valence-electron chi connectivity index (χ2n) is 8.91. The molecule has 5 rings (SSSR count). The number of alkyl halides is 4. The molecule has 0 N–H and O–H groups in total. The maximum absolute atomic E-state index is 14.5. The molecular weight excluding hydrogens is 532 g/mol. The van der Waals surface area contributed by atoms with Crippen LogP contribution in [-0.4, -0.2) is 62.6 Å². The number of carbonyl (C=O) groups is 2. The van der Waals surface area contributed by atoms with Gasteiger partial charge in [0, 0.05) is 23.5 Å². The van der Waals surface area contributed by atoms with Crippen molar-refractivity contribution in [3.8, 4) is 0 Å². The predicted molar refractivity (Wildman–Crippen MR) is 134 cm³/mol. The van der Waals surface area contributed by atoms with Crippen molar-refractivity contribution in [2.75, 3.05) is 19.6 Å². The third-order valence-corrected chi connectivity index (χ3v) is 7.68. The number of imide groups is 1. The van der Waals surface area contributed by atoms with Crippen LogP contribution in [-0.2, 0) is 17.5 Å². The summed E-state index contributed by atoms with van der Waals surface area (Å²) in [5.41, 5.74) is 0.410. The van der Waals surface area contributed by atoms with E-state index in [-0.39, 0.29) is 28.6 Å². The second-order valence-corrected chi connectivity index (χ2v) is 10.3. The van der Waals surface area contributed by atoms with Gasteiger partial charge in [-0.1, -0.05) is 30.7 Å². The first-order chi connectivity index (χ1) is 17.5. The molecule has 2 fully saturated rings. The van der Waals surface area contributed by atoms with Gasteiger partial charge in [0.05, 0.1) is 34.8 Å². The number of likely N-dealkylation sites (tertiary alicyclic amines) is 1. The zero-order valence-corrected chi connectivity index (χ0v) is 21.1. The molecule has 1 unspecified atom stereocenters. The average molecular weight is 553 g/mol. The molecule has 194 valence electrons. The zero-order chi connectivity index (χ0) is 26.5. The number of likely N-dealkylation sites (N-methyl/N-ethyl adjacent to an activating group) is 1. The summed E-state index contributed by atoms with van der Waals surface area (Å²) in [7, 11) is 0. The Morgan fingerprint density at radius 3 is 2.65 bits per heavy atom. The molecule has 37 heavy (non-hydrogen) atoms. The van der Waals surface area contributed by atoms with Crippen LogP contribution in [0.25, 0.3) is 17.0 Å². The lowest BCUT2D eigenvalue weighted by Gasteiger charge is -2.22. The SMILES string of the molecule is CCN1CC(N2C(=O)SC(=Cc3ccc4c(cnn4Cc4ccc(Cl)cc4C(F)(F)F)c3)C2=O)[C@@H](F)C1. The minimum Gasteiger partial charge on any atom is -0.298 e. The van der Waals surface area contributed by atoms with Gasteiger partial charge in [-0.2, -0.15) is 18.3 Å². The van der Waals surface area contributed by atoms with Gasteiger partial charge in [0.1, 0.15) is 6.17 Å². The lowest BCUT2D eigenvalue weighted by Crippen LogP contribution is -2.44. The Hall–Kier alpha value is -2.89. The minimum atomic E-state index is -4.56. The molecule has 0 spiro atoms. The van der Waals surface area contributed by atoms with Crippen molar-refractivity contribution in [2.45, 2.75) is 31.9 Å². The molecule has 2 saturated heterocycles. The van der Waals surface area contributed by atoms with Crippen molar-refractivity contribution in [1.82, 2.24) is 19.6 Å². The molecule has 0 radical (unpaired) electrons. The number of hydrogen-bond donors (Lipinski definition) is 0. The average Bonchev–Trinajstić information content (AvgIpc) is 3.49. The van der Waals surface area contributed by atoms with Gasteiger partial charge in [0.2, 0.25) is 0 Å². The van der Waals surface area contributed by atoms with Crippen LogP contribution in [0.3, 0.4) is 0 Å². The topological polar surface area (TPSA) is 58.4 Å². The summed E-state index contributed by atoms with van der Waals surface area (Å²) in [6.45, 7) is 2.90. The number of thioether (sulfide) groups is 1. The predicted octanol–water partition coefficient (Wildman–Crippen LogP) is 5.84. The molecule has 3 heterocycles. The maximum Gasteiger partial charge on any atom is 0.416 e. The molecule has 2 aliphatic heterocycles. The lowest BCUT2D eigenvalue weighted by molar-refractivity contribution is -0.138. The molecule has 6 nitrogen and oxygen atoms in total. The van der Waals surface area contributed by atoms with E-state index < -0.39 is 35.1 Å². The monoisotopic (exact) mass is 552 g/mol. The van der Waals surface area contributed by atoms with Crippen molar-refractivity contribution in [3.63, 3.8) is 0 Å². The summed E-state index contributed by atoms with van der Waals surface area (Å²) in [6, 6.07) is 7.92. The molecule has 2 atom stereocenters. The second kappa shape index (κ2) is 9.77. The summed E-state index contributed by atoms with van der Waals surface area (Å²) in [6.07, 6.45) is -2.78. The van der Waals surface area contributed by atoms with Gasteiger partial charge in [0.25, 0.3) is 11.1 Å². The zero-order valence-electron chi connectivity index (χ0n) is 19.5. The molecular formula is C25H21ClF4N4O2S. The van der Waals surface area contributed by atoms with Crippen LogP contribution in [0.1, 0.15) is 23.6 Å². The van der Waals surface area contributed by atoms with Crippen molar-refractivity contribution in [3.05, 3.63) is 69.2 Å². The number of rotatable bonds is 5. The fourth-order valence-electron chi connectivity index (χ4n) is 4.67. The number of amides is 2. The Labute approximate surface area is 218 Å². The molecule has 2 aromatic carbocycles. The van der Waals surface area contributed by atoms with Crippen LogP contribution in [0.5, 0.6) is 0 Å². The first kappa shape index (κ1) is 25.7. The fraction of sp³-hybridized carbons (Fsp3) is 0.320. The number of fused-ring (bicyclic) bond motifs is 1. The van der Waals surface area contributed by atoms with E-state index in [4.69, 9.17) is 11.6 Å². The molecule has 3 aromatic rings. The van der Waals surface area contributed by atoms with Crippen molar-refractivity contribution in [1.29, 1.82) is 0 Å². The molecule has 2 aliphatic rings. The highest BCUT2D eigenvalue weighted by Crippen LogP contribution is 2.37. The summed E-state index contributed by atoms with van der Waals surface area (Å²) in [5, 5.41) is 4.38. The standard InChI is InChI=1S/C25H21ClF4N4O2S/c1-2-32-12-19(27)21(13-32)34-23(35)22(37-24(34)36)8-14-3-6-20-16(7-14)10-31-33(20)11-15-4-5-17(26)9-18(15)25(28,29)30/h3-10,19,21H,2,11-13H2,1H3/t19-,21?/m0/s1. The van der Waals surface area contributed by atoms with Gasteiger partial charge in [-0.15, -0.1) is 0 Å². The number of halogens is 5. The number of nitrogens with zero attached hydrogens (tertiary/aromatic N) is 4. The Kier molecular flexibility index (Phi) is 6.80. The van der Waals surface area contributed by atoms with E-state index in [1.807, 2.05) is 11.8 Å². The molecule has 1 aromatic heterocycles. The van der Waals surface area contributed by atoms with E-state index in [1.165, 1.54) is 23.0 Å². The highest BCUT2D eigenvalue weighted by molar-refractivity contribution is 8.18. The number of aromatic nitrogens is 2. The highest BCUT2D eigenvalue weighted by atomic mass is 35.5. The highest BCUT2D eigenvalue weighted by Gasteiger charge is 2.46. The van der Waals surface area contributed by atoms with Crippen LogP contribution in [0.15, 0.2) is 47.5 Å². The van der Waals surface area contributed by atoms with E-state index in [9.17, 15) is 27.2 Å². The quantitative estimate of drug-likeness (QED) is 0.294. The molecule has 0 bridgehead atoms. The first-order valence-electron chi connectivity index (χ1n) is 11.5. The number of hydrogen-bond acceptors (Lipinski definition) is 5. The smallest absolute Gasteiger partial charge is 0.298 e. The van der Waals surface area contributed by atoms with E-state index in [1.54, 1.807) is 24.3 Å². The Bertz CT molecular complexity index is 1420. The third-order valence-electron chi connectivity index (χ3n) is 6.56. The van der Waals surface area contributed by atoms with Crippen molar-refractivity contribution >= 4 is 51.5 Å². The normalized spacial score (nSPS) is 22.2. The van der Waals surface area contributed by atoms with Gasteiger partial charge in [-0.05, 0) is 59.8 Å². The summed E-state index contributed by atoms with van der Waals surface area (Å²) in [5.74, 6) is -0.529. The van der Waals surface area contributed by atoms with Crippen molar-refractivity contribution < 1.29 is 27.2 Å². The van der Waals surface area contributed by atoms with Crippen LogP contribution in [0.4, 0.5) is 22.4 Å².